The smallest absolute Gasteiger partial charge is 0.179 e. The normalized spacial score (nSPS) is 6.67. The van der Waals surface area contributed by atoms with Crippen molar-refractivity contribution >= 4 is 8.32 Å². The molecule has 0 aromatic carbocycles. The molecule has 0 bridgehead atoms. The Labute approximate surface area is 75.5 Å². The van der Waals surface area contributed by atoms with Crippen molar-refractivity contribution in [1.82, 2.24) is 0 Å². The standard InChI is InChI=1S/C3H10OSi.3H2O.Zr/c1-5(2,3)4;;;;/h4H,1-3H3;3*1H2;. The fraction of sp³-hybridized carbons (Fsp3) is 1.00. The average molecular weight is 235 g/mol. The summed E-state index contributed by atoms with van der Waals surface area (Å²) < 4.78 is 0. The summed E-state index contributed by atoms with van der Waals surface area (Å²) in [5.41, 5.74) is 0. The molecule has 4 nitrogen and oxygen atoms in total. The molecule has 0 rings (SSSR count). The molecule has 0 saturated heterocycles. The molecule has 60 valence electrons. The van der Waals surface area contributed by atoms with Crippen molar-refractivity contribution in [2.75, 3.05) is 0 Å². The molecular weight excluding hydrogens is 219 g/mol. The Bertz CT molecular complexity index is 31.3. The fourth-order valence-corrected chi connectivity index (χ4v) is 0. The largest absolute Gasteiger partial charge is 0.433 e. The third-order valence-corrected chi connectivity index (χ3v) is 0. The molecule has 0 fully saturated rings. The maximum Gasteiger partial charge on any atom is 0.179 e. The van der Waals surface area contributed by atoms with Gasteiger partial charge in [-0.15, -0.1) is 0 Å². The van der Waals surface area contributed by atoms with Gasteiger partial charge in [0, 0.05) is 26.2 Å². The van der Waals surface area contributed by atoms with E-state index in [0.717, 1.165) is 0 Å². The van der Waals surface area contributed by atoms with Crippen molar-refractivity contribution < 1.29 is 47.4 Å². The molecule has 9 heavy (non-hydrogen) atoms. The van der Waals surface area contributed by atoms with E-state index in [0.29, 0.717) is 0 Å². The van der Waals surface area contributed by atoms with Gasteiger partial charge in [-0.2, -0.15) is 0 Å². The van der Waals surface area contributed by atoms with E-state index in [4.69, 9.17) is 4.80 Å². The Hall–Kier alpha value is 0.940. The van der Waals surface area contributed by atoms with Gasteiger partial charge in [-0.3, -0.25) is 0 Å². The van der Waals surface area contributed by atoms with Crippen molar-refractivity contribution in [1.29, 1.82) is 0 Å². The van der Waals surface area contributed by atoms with Gasteiger partial charge in [0.05, 0.1) is 0 Å². The van der Waals surface area contributed by atoms with Crippen LogP contribution in [0.3, 0.4) is 0 Å². The quantitative estimate of drug-likeness (QED) is 0.497. The zero-order valence-corrected chi connectivity index (χ0v) is 9.41. The van der Waals surface area contributed by atoms with E-state index >= 15 is 0 Å². The van der Waals surface area contributed by atoms with Crippen LogP contribution in [0.25, 0.3) is 0 Å². The Morgan fingerprint density at radius 1 is 0.889 bits per heavy atom. The van der Waals surface area contributed by atoms with Crippen molar-refractivity contribution in [3.05, 3.63) is 0 Å². The van der Waals surface area contributed by atoms with E-state index < -0.39 is 8.32 Å². The molecule has 6 heteroatoms. The van der Waals surface area contributed by atoms with Crippen molar-refractivity contribution in [3.8, 4) is 0 Å². The summed E-state index contributed by atoms with van der Waals surface area (Å²) in [6.45, 7) is 5.65. The van der Waals surface area contributed by atoms with Gasteiger partial charge >= 0.3 is 0 Å². The van der Waals surface area contributed by atoms with Gasteiger partial charge in [-0.05, 0) is 19.6 Å². The fourth-order valence-electron chi connectivity index (χ4n) is 0. The summed E-state index contributed by atoms with van der Waals surface area (Å²) in [4.78, 5) is 8.66. The third kappa shape index (κ3) is 487. The molecule has 0 aromatic heterocycles. The molecule has 0 radical (unpaired) electrons. The number of rotatable bonds is 0. The van der Waals surface area contributed by atoms with Crippen LogP contribution in [-0.2, 0) is 26.2 Å². The molecule has 0 amide bonds. The molecule has 0 aromatic rings. The van der Waals surface area contributed by atoms with E-state index in [1.807, 2.05) is 19.6 Å². The van der Waals surface area contributed by atoms with E-state index in [2.05, 4.69) is 0 Å². The average Bonchev–Trinajstić information content (AvgIpc) is 0.722. The van der Waals surface area contributed by atoms with Gasteiger partial charge in [-0.25, -0.2) is 0 Å². The first-order chi connectivity index (χ1) is 2.00. The van der Waals surface area contributed by atoms with Crippen LogP contribution in [0.5, 0.6) is 0 Å². The van der Waals surface area contributed by atoms with Gasteiger partial charge in [0.15, 0.2) is 8.32 Å². The summed E-state index contributed by atoms with van der Waals surface area (Å²) >= 11 is 0. The molecule has 0 heterocycles. The van der Waals surface area contributed by atoms with Crippen molar-refractivity contribution in [2.45, 2.75) is 19.6 Å². The third-order valence-electron chi connectivity index (χ3n) is 0. The summed E-state index contributed by atoms with van der Waals surface area (Å²) in [7, 11) is -1.61. The second-order valence-corrected chi connectivity index (χ2v) is 6.51. The van der Waals surface area contributed by atoms with Crippen LogP contribution < -0.4 is 0 Å². The van der Waals surface area contributed by atoms with E-state index in [-0.39, 0.29) is 42.6 Å². The summed E-state index contributed by atoms with van der Waals surface area (Å²) in [6, 6.07) is 0. The minimum Gasteiger partial charge on any atom is -0.433 e. The van der Waals surface area contributed by atoms with Crippen LogP contribution in [-0.4, -0.2) is 29.5 Å². The summed E-state index contributed by atoms with van der Waals surface area (Å²) in [5.74, 6) is 0. The second-order valence-electron chi connectivity index (χ2n) is 2.17. The Morgan fingerprint density at radius 3 is 0.889 bits per heavy atom. The zero-order valence-electron chi connectivity index (χ0n) is 5.95. The van der Waals surface area contributed by atoms with Gasteiger partial charge < -0.3 is 21.2 Å². The molecule has 0 aliphatic carbocycles. The van der Waals surface area contributed by atoms with Gasteiger partial charge in [0.2, 0.25) is 0 Å². The molecule has 0 saturated carbocycles. The first kappa shape index (κ1) is 32.6. The second kappa shape index (κ2) is 11.7. The maximum atomic E-state index is 8.66. The van der Waals surface area contributed by atoms with Crippen molar-refractivity contribution in [3.63, 3.8) is 0 Å². The van der Waals surface area contributed by atoms with Crippen LogP contribution in [0.2, 0.25) is 19.6 Å². The number of hydrogen-bond donors (Lipinski definition) is 1. The molecule has 0 unspecified atom stereocenters. The summed E-state index contributed by atoms with van der Waals surface area (Å²) in [6.07, 6.45) is 0. The van der Waals surface area contributed by atoms with Crippen LogP contribution >= 0.6 is 0 Å². The van der Waals surface area contributed by atoms with Crippen molar-refractivity contribution in [2.24, 2.45) is 0 Å². The van der Waals surface area contributed by atoms with Crippen LogP contribution in [0.15, 0.2) is 0 Å². The molecule has 7 N–H and O–H groups in total. The first-order valence-electron chi connectivity index (χ1n) is 1.72. The molecular formula is C3H16O4SiZr. The number of hydrogen-bond acceptors (Lipinski definition) is 1. The van der Waals surface area contributed by atoms with Crippen LogP contribution in [0, 0.1) is 0 Å². The monoisotopic (exact) mass is 234 g/mol. The SMILES string of the molecule is C[Si](C)(C)O.O.O.O.[Zr]. The zero-order chi connectivity index (χ0) is 4.50. The van der Waals surface area contributed by atoms with Gasteiger partial charge in [-0.1, -0.05) is 0 Å². The minimum atomic E-state index is -1.61. The molecule has 0 spiro atoms. The molecule has 0 aliphatic heterocycles. The Kier molecular flexibility index (Phi) is 42.3. The molecule has 0 atom stereocenters. The minimum absolute atomic E-state index is 0. The van der Waals surface area contributed by atoms with Crippen LogP contribution in [0.4, 0.5) is 0 Å². The van der Waals surface area contributed by atoms with E-state index in [9.17, 15) is 0 Å². The maximum absolute atomic E-state index is 8.66. The predicted molar refractivity (Wildman–Crippen MR) is 36.4 cm³/mol. The summed E-state index contributed by atoms with van der Waals surface area (Å²) in [5, 5.41) is 0. The molecule has 0 aliphatic rings. The predicted octanol–water partition coefficient (Wildman–Crippen LogP) is -1.66. The topological polar surface area (TPSA) is 115 Å². The van der Waals surface area contributed by atoms with E-state index in [1.165, 1.54) is 0 Å². The van der Waals surface area contributed by atoms with Gasteiger partial charge in [0.25, 0.3) is 0 Å². The van der Waals surface area contributed by atoms with Gasteiger partial charge in [0.1, 0.15) is 0 Å². The van der Waals surface area contributed by atoms with E-state index in [1.54, 1.807) is 0 Å². The first-order valence-corrected chi connectivity index (χ1v) is 5.17. The Balaban J connectivity index is -0.0000000133. The Morgan fingerprint density at radius 2 is 0.889 bits per heavy atom. The van der Waals surface area contributed by atoms with Crippen LogP contribution in [0.1, 0.15) is 0 Å².